The van der Waals surface area contributed by atoms with Crippen molar-refractivity contribution in [3.63, 3.8) is 0 Å². The van der Waals surface area contributed by atoms with Gasteiger partial charge in [-0.05, 0) is 69.2 Å². The topological polar surface area (TPSA) is 106 Å². The van der Waals surface area contributed by atoms with E-state index in [1.54, 1.807) is 19.9 Å². The number of carbonyl (C=O) groups is 3. The van der Waals surface area contributed by atoms with Gasteiger partial charge in [0, 0.05) is 23.0 Å². The number of ketones is 1. The highest BCUT2D eigenvalue weighted by Gasteiger charge is 2.49. The van der Waals surface area contributed by atoms with Crippen LogP contribution in [0.4, 0.5) is 4.79 Å². The molecule has 0 unspecified atom stereocenters. The smallest absolute Gasteiger partial charge is 0.325 e. The molecule has 9 heteroatoms. The first kappa shape index (κ1) is 22.8. The van der Waals surface area contributed by atoms with Gasteiger partial charge in [0.15, 0.2) is 15.6 Å². The number of nitrogens with one attached hydrogen (secondary N) is 1. The Morgan fingerprint density at radius 2 is 1.88 bits per heavy atom. The zero-order valence-corrected chi connectivity index (χ0v) is 20.5. The molecule has 0 bridgehead atoms. The predicted octanol–water partition coefficient (Wildman–Crippen LogP) is 2.60. The van der Waals surface area contributed by atoms with Crippen molar-refractivity contribution in [3.8, 4) is 0 Å². The van der Waals surface area contributed by atoms with E-state index in [9.17, 15) is 22.8 Å². The van der Waals surface area contributed by atoms with Gasteiger partial charge in [0.1, 0.15) is 5.54 Å². The first-order valence-electron chi connectivity index (χ1n) is 11.7. The molecule has 5 rings (SSSR count). The summed E-state index contributed by atoms with van der Waals surface area (Å²) in [5.74, 6) is -0.591. The van der Waals surface area contributed by atoms with Crippen LogP contribution in [0.5, 0.6) is 0 Å². The van der Waals surface area contributed by atoms with Crippen LogP contribution < -0.4 is 5.32 Å². The van der Waals surface area contributed by atoms with Crippen LogP contribution in [0.3, 0.4) is 0 Å². The minimum Gasteiger partial charge on any atom is -0.344 e. The summed E-state index contributed by atoms with van der Waals surface area (Å²) < 4.78 is 25.8. The van der Waals surface area contributed by atoms with E-state index < -0.39 is 27.3 Å². The Kier molecular flexibility index (Phi) is 5.24. The molecular weight excluding hydrogens is 454 g/mol. The maximum Gasteiger partial charge on any atom is 0.325 e. The fraction of sp³-hybridized carbons (Fsp3) is 0.480. The van der Waals surface area contributed by atoms with E-state index in [1.165, 1.54) is 11.1 Å². The number of fused-ring (bicyclic) bond motifs is 1. The van der Waals surface area contributed by atoms with E-state index in [4.69, 9.17) is 0 Å². The molecule has 2 saturated heterocycles. The average Bonchev–Trinajstić information content (AvgIpc) is 3.50. The van der Waals surface area contributed by atoms with Gasteiger partial charge < -0.3 is 9.88 Å². The Bertz CT molecular complexity index is 1340. The predicted molar refractivity (Wildman–Crippen MR) is 127 cm³/mol. The number of rotatable bonds is 5. The lowest BCUT2D eigenvalue weighted by Crippen LogP contribution is -2.41. The summed E-state index contributed by atoms with van der Waals surface area (Å²) in [4.78, 5) is 40.3. The minimum atomic E-state index is -3.08. The number of sulfone groups is 1. The highest BCUT2D eigenvalue weighted by molar-refractivity contribution is 7.91. The van der Waals surface area contributed by atoms with Crippen LogP contribution in [0.15, 0.2) is 24.3 Å². The monoisotopic (exact) mass is 483 g/mol. The molecule has 1 aromatic carbocycles. The molecule has 34 heavy (non-hydrogen) atoms. The van der Waals surface area contributed by atoms with Crippen molar-refractivity contribution in [1.82, 2.24) is 14.8 Å². The summed E-state index contributed by atoms with van der Waals surface area (Å²) in [5, 5.41) is 2.79. The third-order valence-corrected chi connectivity index (χ3v) is 9.36. The summed E-state index contributed by atoms with van der Waals surface area (Å²) in [5.41, 5.74) is 3.86. The number of urea groups is 1. The van der Waals surface area contributed by atoms with E-state index in [-0.39, 0.29) is 29.9 Å². The number of hydrogen-bond donors (Lipinski definition) is 1. The zero-order valence-electron chi connectivity index (χ0n) is 19.7. The van der Waals surface area contributed by atoms with Crippen LogP contribution in [-0.4, -0.2) is 53.7 Å². The van der Waals surface area contributed by atoms with Crippen molar-refractivity contribution in [3.05, 3.63) is 57.9 Å². The van der Waals surface area contributed by atoms with Crippen molar-refractivity contribution in [2.75, 3.05) is 18.1 Å². The van der Waals surface area contributed by atoms with Gasteiger partial charge >= 0.3 is 6.03 Å². The molecule has 3 amide bonds. The van der Waals surface area contributed by atoms with Gasteiger partial charge in [0.25, 0.3) is 5.91 Å². The molecule has 0 saturated carbocycles. The molecule has 2 aliphatic heterocycles. The normalized spacial score (nSPS) is 25.6. The molecule has 180 valence electrons. The highest BCUT2D eigenvalue weighted by atomic mass is 32.2. The van der Waals surface area contributed by atoms with Crippen molar-refractivity contribution >= 4 is 27.6 Å². The lowest BCUT2D eigenvalue weighted by atomic mass is 9.89. The van der Waals surface area contributed by atoms with Crippen molar-refractivity contribution in [2.24, 2.45) is 0 Å². The second-order valence-corrected chi connectivity index (χ2v) is 12.1. The van der Waals surface area contributed by atoms with Crippen molar-refractivity contribution in [1.29, 1.82) is 0 Å². The molecule has 0 radical (unpaired) electrons. The third-order valence-electron chi connectivity index (χ3n) is 7.61. The molecule has 2 fully saturated rings. The molecule has 2 aromatic rings. The van der Waals surface area contributed by atoms with Gasteiger partial charge in [-0.1, -0.05) is 18.2 Å². The first-order chi connectivity index (χ1) is 16.0. The molecule has 1 N–H and O–H groups in total. The molecule has 3 heterocycles. The summed E-state index contributed by atoms with van der Waals surface area (Å²) >= 11 is 0. The van der Waals surface area contributed by atoms with Gasteiger partial charge in [0.05, 0.1) is 18.1 Å². The second-order valence-electron chi connectivity index (χ2n) is 9.92. The van der Waals surface area contributed by atoms with Gasteiger partial charge in [0.2, 0.25) is 0 Å². The van der Waals surface area contributed by atoms with Crippen LogP contribution in [0.25, 0.3) is 0 Å². The molecule has 3 aliphatic rings. The number of imide groups is 1. The fourth-order valence-electron chi connectivity index (χ4n) is 5.75. The second kappa shape index (κ2) is 7.80. The molecular formula is C25H29N3O5S. The Hall–Kier alpha value is -2.94. The Labute approximate surface area is 199 Å². The number of carbonyl (C=O) groups excluding carboxylic acids is 3. The summed E-state index contributed by atoms with van der Waals surface area (Å²) in [6, 6.07) is 6.84. The van der Waals surface area contributed by atoms with Crippen molar-refractivity contribution < 1.29 is 22.8 Å². The van der Waals surface area contributed by atoms with Crippen LogP contribution in [0.2, 0.25) is 0 Å². The third kappa shape index (κ3) is 3.57. The summed E-state index contributed by atoms with van der Waals surface area (Å²) in [6.07, 6.45) is 3.58. The zero-order chi connectivity index (χ0) is 24.4. The number of amides is 3. The molecule has 0 spiro atoms. The Balaban J connectivity index is 1.38. The summed E-state index contributed by atoms with van der Waals surface area (Å²) in [7, 11) is -3.08. The minimum absolute atomic E-state index is 0.0587. The van der Waals surface area contributed by atoms with Gasteiger partial charge in [-0.25, -0.2) is 13.2 Å². The Morgan fingerprint density at radius 1 is 1.15 bits per heavy atom. The molecule has 1 aromatic heterocycles. The molecule has 1 aliphatic carbocycles. The van der Waals surface area contributed by atoms with Crippen LogP contribution in [0, 0.1) is 13.8 Å². The van der Waals surface area contributed by atoms with E-state index >= 15 is 0 Å². The quantitative estimate of drug-likeness (QED) is 0.520. The maximum absolute atomic E-state index is 13.4. The SMILES string of the molecule is Cc1cc(C(=O)CN2C(=O)N[C@](C)(c3ccc4c(c3)CCC4)C2=O)c(C)n1[C@H]1CCS(=O)(=O)C1. The standard InChI is InChI=1S/C25H29N3O5S/c1-15-11-21(16(2)28(15)20-9-10-34(32,33)14-20)22(29)13-27-23(30)25(3,26-24(27)31)19-8-7-17-5-4-6-18(17)12-19/h7-8,11-12,20H,4-6,9-10,13-14H2,1-3H3,(H,26,31)/t20-,25+/m0/s1. The Morgan fingerprint density at radius 3 is 2.59 bits per heavy atom. The number of Topliss-reactive ketones (excluding diaryl/α,β-unsaturated/α-hetero) is 1. The van der Waals surface area contributed by atoms with Crippen molar-refractivity contribution in [2.45, 2.75) is 58.0 Å². The number of hydrogen-bond acceptors (Lipinski definition) is 5. The van der Waals surface area contributed by atoms with E-state index in [2.05, 4.69) is 5.32 Å². The van der Waals surface area contributed by atoms with Crippen LogP contribution in [0.1, 0.15) is 64.2 Å². The van der Waals surface area contributed by atoms with Crippen LogP contribution in [-0.2, 0) is 33.0 Å². The lowest BCUT2D eigenvalue weighted by molar-refractivity contribution is -0.130. The molecule has 8 nitrogen and oxygen atoms in total. The largest absolute Gasteiger partial charge is 0.344 e. The number of benzene rings is 1. The number of nitrogens with zero attached hydrogens (tertiary/aromatic N) is 2. The van der Waals surface area contributed by atoms with E-state index in [0.717, 1.165) is 35.4 Å². The van der Waals surface area contributed by atoms with Crippen LogP contribution >= 0.6 is 0 Å². The van der Waals surface area contributed by atoms with Gasteiger partial charge in [-0.2, -0.15) is 0 Å². The van der Waals surface area contributed by atoms with Gasteiger partial charge in [-0.3, -0.25) is 14.5 Å². The number of aromatic nitrogens is 1. The maximum atomic E-state index is 13.4. The average molecular weight is 484 g/mol. The lowest BCUT2D eigenvalue weighted by Gasteiger charge is -2.23. The van der Waals surface area contributed by atoms with Gasteiger partial charge in [-0.15, -0.1) is 0 Å². The van der Waals surface area contributed by atoms with E-state index in [1.807, 2.05) is 29.7 Å². The summed E-state index contributed by atoms with van der Waals surface area (Å²) in [6.45, 7) is 4.94. The molecule has 2 atom stereocenters. The number of aryl methyl sites for hydroxylation is 3. The first-order valence-corrected chi connectivity index (χ1v) is 13.5. The highest BCUT2D eigenvalue weighted by Crippen LogP contribution is 2.33. The van der Waals surface area contributed by atoms with E-state index in [0.29, 0.717) is 17.7 Å². The fourth-order valence-corrected chi connectivity index (χ4v) is 7.45.